The molecule has 0 saturated carbocycles. The molecule has 1 rings (SSSR count). The van der Waals surface area contributed by atoms with E-state index in [0.29, 0.717) is 24.8 Å². The van der Waals surface area contributed by atoms with Crippen molar-refractivity contribution in [3.05, 3.63) is 18.3 Å². The van der Waals surface area contributed by atoms with Crippen molar-refractivity contribution in [1.29, 1.82) is 0 Å². The van der Waals surface area contributed by atoms with Gasteiger partial charge in [0.2, 0.25) is 5.88 Å². The van der Waals surface area contributed by atoms with Gasteiger partial charge >= 0.3 is 0 Å². The zero-order chi connectivity index (χ0) is 13.4. The van der Waals surface area contributed by atoms with Gasteiger partial charge in [0.25, 0.3) is 5.91 Å². The molecule has 0 radical (unpaired) electrons. The van der Waals surface area contributed by atoms with Gasteiger partial charge < -0.3 is 19.1 Å². The van der Waals surface area contributed by atoms with E-state index in [4.69, 9.17) is 14.2 Å². The van der Waals surface area contributed by atoms with Crippen LogP contribution in [0.2, 0.25) is 0 Å². The Kier molecular flexibility index (Phi) is 6.10. The van der Waals surface area contributed by atoms with Crippen molar-refractivity contribution in [1.82, 2.24) is 4.98 Å². The summed E-state index contributed by atoms with van der Waals surface area (Å²) in [6.45, 7) is 0.893. The Balaban J connectivity index is 2.46. The van der Waals surface area contributed by atoms with Crippen LogP contribution < -0.4 is 9.64 Å². The van der Waals surface area contributed by atoms with Crippen molar-refractivity contribution in [2.24, 2.45) is 0 Å². The first-order valence-corrected chi connectivity index (χ1v) is 5.52. The van der Waals surface area contributed by atoms with Crippen LogP contribution in [-0.4, -0.2) is 52.0 Å². The Morgan fingerprint density at radius 2 is 2.11 bits per heavy atom. The average Bonchev–Trinajstić information content (AvgIpc) is 2.42. The van der Waals surface area contributed by atoms with Gasteiger partial charge in [-0.05, 0) is 6.07 Å². The largest absolute Gasteiger partial charge is 0.481 e. The highest BCUT2D eigenvalue weighted by Crippen LogP contribution is 2.14. The Labute approximate surface area is 106 Å². The second-order valence-corrected chi connectivity index (χ2v) is 3.56. The van der Waals surface area contributed by atoms with Crippen molar-refractivity contribution in [3.8, 4) is 5.88 Å². The predicted octanol–water partition coefficient (Wildman–Crippen LogP) is 0.716. The molecule has 0 aliphatic carbocycles. The number of nitrogens with zero attached hydrogens (tertiary/aromatic N) is 2. The quantitative estimate of drug-likeness (QED) is 0.671. The first-order chi connectivity index (χ1) is 8.69. The Morgan fingerprint density at radius 1 is 1.33 bits per heavy atom. The summed E-state index contributed by atoms with van der Waals surface area (Å²) in [6.07, 6.45) is 1.58. The second kappa shape index (κ2) is 7.62. The average molecular weight is 254 g/mol. The van der Waals surface area contributed by atoms with Crippen molar-refractivity contribution in [2.75, 3.05) is 46.0 Å². The molecular formula is C12H18N2O4. The fraction of sp³-hybridized carbons (Fsp3) is 0.500. The summed E-state index contributed by atoms with van der Waals surface area (Å²) in [7, 11) is 4.80. The van der Waals surface area contributed by atoms with Gasteiger partial charge in [-0.3, -0.25) is 4.79 Å². The number of aromatic nitrogens is 1. The fourth-order valence-corrected chi connectivity index (χ4v) is 1.23. The standard InChI is InChI=1S/C12H18N2O4/c1-14(12(15)9-18-7-6-16-2)10-4-5-11(17-3)13-8-10/h4-5,8H,6-7,9H2,1-3H3. The number of ether oxygens (including phenoxy) is 3. The Bertz CT molecular complexity index is 367. The van der Waals surface area contributed by atoms with Crippen molar-refractivity contribution in [2.45, 2.75) is 0 Å². The lowest BCUT2D eigenvalue weighted by molar-refractivity contribution is -0.123. The van der Waals surface area contributed by atoms with Gasteiger partial charge in [-0.25, -0.2) is 4.98 Å². The third-order valence-electron chi connectivity index (χ3n) is 2.35. The van der Waals surface area contributed by atoms with E-state index in [9.17, 15) is 4.79 Å². The summed E-state index contributed by atoms with van der Waals surface area (Å²) in [6, 6.07) is 3.46. The van der Waals surface area contributed by atoms with E-state index in [1.807, 2.05) is 0 Å². The molecule has 0 aliphatic rings. The lowest BCUT2D eigenvalue weighted by Gasteiger charge is -2.17. The maximum atomic E-state index is 11.8. The molecule has 18 heavy (non-hydrogen) atoms. The number of carbonyl (C=O) groups excluding carboxylic acids is 1. The number of hydrogen-bond acceptors (Lipinski definition) is 5. The van der Waals surface area contributed by atoms with Crippen molar-refractivity contribution < 1.29 is 19.0 Å². The first kappa shape index (κ1) is 14.4. The van der Waals surface area contributed by atoms with Crippen LogP contribution in [0.25, 0.3) is 0 Å². The number of hydrogen-bond donors (Lipinski definition) is 0. The summed E-state index contributed by atoms with van der Waals surface area (Å²) >= 11 is 0. The zero-order valence-corrected chi connectivity index (χ0v) is 10.9. The maximum absolute atomic E-state index is 11.8. The van der Waals surface area contributed by atoms with E-state index < -0.39 is 0 Å². The van der Waals surface area contributed by atoms with E-state index in [1.165, 1.54) is 4.90 Å². The van der Waals surface area contributed by atoms with Gasteiger partial charge in [0.15, 0.2) is 0 Å². The first-order valence-electron chi connectivity index (χ1n) is 5.52. The second-order valence-electron chi connectivity index (χ2n) is 3.56. The molecule has 1 heterocycles. The number of methoxy groups -OCH3 is 2. The molecule has 0 atom stereocenters. The molecule has 0 aromatic carbocycles. The van der Waals surface area contributed by atoms with Gasteiger partial charge in [-0.15, -0.1) is 0 Å². The minimum atomic E-state index is -0.141. The summed E-state index contributed by atoms with van der Waals surface area (Å²) in [5, 5.41) is 0. The zero-order valence-electron chi connectivity index (χ0n) is 10.9. The lowest BCUT2D eigenvalue weighted by atomic mass is 10.3. The van der Waals surface area contributed by atoms with Gasteiger partial charge in [-0.2, -0.15) is 0 Å². The summed E-state index contributed by atoms with van der Waals surface area (Å²) < 4.78 is 14.9. The lowest BCUT2D eigenvalue weighted by Crippen LogP contribution is -2.30. The topological polar surface area (TPSA) is 60.9 Å². The molecule has 1 aromatic rings. The van der Waals surface area contributed by atoms with Crippen molar-refractivity contribution in [3.63, 3.8) is 0 Å². The van der Waals surface area contributed by atoms with Gasteiger partial charge in [0.05, 0.1) is 32.2 Å². The van der Waals surface area contributed by atoms with E-state index in [2.05, 4.69) is 4.98 Å². The van der Waals surface area contributed by atoms with E-state index in [1.54, 1.807) is 39.6 Å². The minimum Gasteiger partial charge on any atom is -0.481 e. The van der Waals surface area contributed by atoms with Crippen LogP contribution in [0.3, 0.4) is 0 Å². The summed E-state index contributed by atoms with van der Waals surface area (Å²) in [5.74, 6) is 0.369. The molecule has 0 bridgehead atoms. The number of anilines is 1. The molecule has 0 aliphatic heterocycles. The van der Waals surface area contributed by atoms with Gasteiger partial charge in [0, 0.05) is 20.2 Å². The predicted molar refractivity (Wildman–Crippen MR) is 66.9 cm³/mol. The maximum Gasteiger partial charge on any atom is 0.252 e. The van der Waals surface area contributed by atoms with Crippen LogP contribution >= 0.6 is 0 Å². The van der Waals surface area contributed by atoms with Gasteiger partial charge in [0.1, 0.15) is 6.61 Å². The molecule has 0 saturated heterocycles. The molecule has 0 fully saturated rings. The third kappa shape index (κ3) is 4.31. The SMILES string of the molecule is COCCOCC(=O)N(C)c1ccc(OC)nc1. The highest BCUT2D eigenvalue weighted by Gasteiger charge is 2.11. The third-order valence-corrected chi connectivity index (χ3v) is 2.35. The molecule has 100 valence electrons. The van der Waals surface area contributed by atoms with Crippen LogP contribution in [0.1, 0.15) is 0 Å². The smallest absolute Gasteiger partial charge is 0.252 e. The number of pyridine rings is 1. The van der Waals surface area contributed by atoms with Crippen molar-refractivity contribution >= 4 is 11.6 Å². The molecular weight excluding hydrogens is 236 g/mol. The number of carbonyl (C=O) groups is 1. The van der Waals surface area contributed by atoms with E-state index in [0.717, 1.165) is 0 Å². The molecule has 0 spiro atoms. The van der Waals surface area contributed by atoms with Crippen LogP contribution in [0.5, 0.6) is 5.88 Å². The van der Waals surface area contributed by atoms with Crippen LogP contribution in [0.4, 0.5) is 5.69 Å². The minimum absolute atomic E-state index is 0.0197. The van der Waals surface area contributed by atoms with Crippen LogP contribution in [0, 0.1) is 0 Å². The molecule has 1 aromatic heterocycles. The van der Waals surface area contributed by atoms with E-state index >= 15 is 0 Å². The highest BCUT2D eigenvalue weighted by atomic mass is 16.5. The molecule has 0 N–H and O–H groups in total. The Morgan fingerprint density at radius 3 is 2.67 bits per heavy atom. The molecule has 0 unspecified atom stereocenters. The number of amides is 1. The summed E-state index contributed by atoms with van der Waals surface area (Å²) in [5.41, 5.74) is 0.691. The monoisotopic (exact) mass is 254 g/mol. The molecule has 6 nitrogen and oxygen atoms in total. The van der Waals surface area contributed by atoms with Gasteiger partial charge in [-0.1, -0.05) is 0 Å². The normalized spacial score (nSPS) is 10.2. The molecule has 6 heteroatoms. The highest BCUT2D eigenvalue weighted by molar-refractivity contribution is 5.93. The van der Waals surface area contributed by atoms with E-state index in [-0.39, 0.29) is 12.5 Å². The van der Waals surface area contributed by atoms with Crippen LogP contribution in [-0.2, 0) is 14.3 Å². The number of likely N-dealkylation sites (N-methyl/N-ethyl adjacent to an activating group) is 1. The molecule has 1 amide bonds. The van der Waals surface area contributed by atoms with Crippen LogP contribution in [0.15, 0.2) is 18.3 Å². The number of rotatable bonds is 7. The Hall–Kier alpha value is -1.66. The fourth-order valence-electron chi connectivity index (χ4n) is 1.23. The summed E-state index contributed by atoms with van der Waals surface area (Å²) in [4.78, 5) is 17.3.